The van der Waals surface area contributed by atoms with E-state index in [-0.39, 0.29) is 0 Å². The van der Waals surface area contributed by atoms with Crippen LogP contribution < -0.4 is 10.1 Å². The fourth-order valence-corrected chi connectivity index (χ4v) is 2.34. The van der Waals surface area contributed by atoms with Crippen molar-refractivity contribution >= 4 is 17.3 Å². The van der Waals surface area contributed by atoms with Crippen molar-refractivity contribution in [3.63, 3.8) is 0 Å². The van der Waals surface area contributed by atoms with E-state index in [0.29, 0.717) is 18.2 Å². The molecule has 0 bridgehead atoms. The lowest BCUT2D eigenvalue weighted by molar-refractivity contribution is 0.184. The van der Waals surface area contributed by atoms with E-state index in [4.69, 9.17) is 21.1 Å². The van der Waals surface area contributed by atoms with Crippen molar-refractivity contribution in [1.29, 1.82) is 0 Å². The summed E-state index contributed by atoms with van der Waals surface area (Å²) in [5.41, 5.74) is 4.34. The second kappa shape index (κ2) is 7.34. The van der Waals surface area contributed by atoms with Crippen LogP contribution in [0.25, 0.3) is 0 Å². The Morgan fingerprint density at radius 2 is 1.81 bits per heavy atom. The van der Waals surface area contributed by atoms with Crippen LogP contribution in [-0.4, -0.2) is 14.2 Å². The maximum Gasteiger partial charge on any atom is 0.143 e. The number of hydrogen-bond donors (Lipinski definition) is 1. The molecule has 0 unspecified atom stereocenters. The van der Waals surface area contributed by atoms with Crippen molar-refractivity contribution in [1.82, 2.24) is 0 Å². The molecule has 0 atom stereocenters. The van der Waals surface area contributed by atoms with E-state index >= 15 is 0 Å². The van der Waals surface area contributed by atoms with Crippen LogP contribution in [0.15, 0.2) is 36.4 Å². The number of anilines is 1. The van der Waals surface area contributed by atoms with Crippen molar-refractivity contribution in [2.24, 2.45) is 0 Å². The van der Waals surface area contributed by atoms with Gasteiger partial charge < -0.3 is 14.8 Å². The third kappa shape index (κ3) is 3.90. The molecule has 4 heteroatoms. The van der Waals surface area contributed by atoms with E-state index in [1.54, 1.807) is 14.2 Å². The maximum absolute atomic E-state index is 6.12. The van der Waals surface area contributed by atoms with Crippen molar-refractivity contribution in [2.75, 3.05) is 19.5 Å². The molecule has 21 heavy (non-hydrogen) atoms. The van der Waals surface area contributed by atoms with Crippen molar-refractivity contribution in [2.45, 2.75) is 20.1 Å². The number of aryl methyl sites for hydroxylation is 1. The van der Waals surface area contributed by atoms with Gasteiger partial charge in [0.15, 0.2) is 0 Å². The second-order valence-electron chi connectivity index (χ2n) is 4.86. The van der Waals surface area contributed by atoms with Gasteiger partial charge in [0.2, 0.25) is 0 Å². The molecule has 112 valence electrons. The third-order valence-electron chi connectivity index (χ3n) is 3.37. The molecular weight excluding hydrogens is 286 g/mol. The van der Waals surface area contributed by atoms with E-state index in [0.717, 1.165) is 17.0 Å². The van der Waals surface area contributed by atoms with Crippen LogP contribution in [0.1, 0.15) is 16.7 Å². The van der Waals surface area contributed by atoms with Crippen molar-refractivity contribution in [3.05, 3.63) is 58.1 Å². The van der Waals surface area contributed by atoms with Crippen LogP contribution in [0.5, 0.6) is 5.75 Å². The molecule has 0 aromatic heterocycles. The lowest BCUT2D eigenvalue weighted by Gasteiger charge is -2.15. The Labute approximate surface area is 130 Å². The van der Waals surface area contributed by atoms with Crippen molar-refractivity contribution in [3.8, 4) is 5.75 Å². The highest BCUT2D eigenvalue weighted by atomic mass is 35.5. The van der Waals surface area contributed by atoms with E-state index in [1.807, 2.05) is 31.2 Å². The smallest absolute Gasteiger partial charge is 0.143 e. The highest BCUT2D eigenvalue weighted by molar-refractivity contribution is 6.31. The van der Waals surface area contributed by atoms with Crippen LogP contribution in [0.4, 0.5) is 5.69 Å². The first-order valence-electron chi connectivity index (χ1n) is 6.79. The third-order valence-corrected chi connectivity index (χ3v) is 3.78. The quantitative estimate of drug-likeness (QED) is 0.857. The molecule has 0 aliphatic carbocycles. The molecule has 0 saturated heterocycles. The summed E-state index contributed by atoms with van der Waals surface area (Å²) in [6.45, 7) is 3.29. The van der Waals surface area contributed by atoms with E-state index < -0.39 is 0 Å². The predicted molar refractivity (Wildman–Crippen MR) is 87.2 cm³/mol. The number of halogens is 1. The molecule has 0 aliphatic heterocycles. The van der Waals surface area contributed by atoms with Crippen LogP contribution >= 0.6 is 11.6 Å². The molecule has 0 saturated carbocycles. The lowest BCUT2D eigenvalue weighted by Crippen LogP contribution is -2.05. The molecule has 0 fully saturated rings. The summed E-state index contributed by atoms with van der Waals surface area (Å²) in [6.07, 6.45) is 0. The summed E-state index contributed by atoms with van der Waals surface area (Å²) in [4.78, 5) is 0. The summed E-state index contributed by atoms with van der Waals surface area (Å²) >= 11 is 6.12. The summed E-state index contributed by atoms with van der Waals surface area (Å²) in [5.74, 6) is 0.745. The maximum atomic E-state index is 6.12. The molecule has 3 nitrogen and oxygen atoms in total. The molecule has 2 rings (SSSR count). The summed E-state index contributed by atoms with van der Waals surface area (Å²) in [7, 11) is 3.35. The molecule has 1 N–H and O–H groups in total. The Kier molecular flexibility index (Phi) is 5.48. The first-order valence-corrected chi connectivity index (χ1v) is 7.17. The summed E-state index contributed by atoms with van der Waals surface area (Å²) in [5, 5.41) is 4.11. The molecule has 0 amide bonds. The molecule has 2 aromatic carbocycles. The first kappa shape index (κ1) is 15.7. The monoisotopic (exact) mass is 305 g/mol. The first-order chi connectivity index (χ1) is 10.2. The van der Waals surface area contributed by atoms with Gasteiger partial charge in [-0.1, -0.05) is 35.9 Å². The zero-order chi connectivity index (χ0) is 15.2. The highest BCUT2D eigenvalue weighted by Crippen LogP contribution is 2.31. The lowest BCUT2D eigenvalue weighted by atomic mass is 10.1. The Hall–Kier alpha value is -1.71. The second-order valence-corrected chi connectivity index (χ2v) is 5.26. The zero-order valence-electron chi connectivity index (χ0n) is 12.6. The van der Waals surface area contributed by atoms with Crippen LogP contribution in [0.3, 0.4) is 0 Å². The summed E-state index contributed by atoms with van der Waals surface area (Å²) in [6, 6.07) is 12.0. The van der Waals surface area contributed by atoms with E-state index in [9.17, 15) is 0 Å². The molecule has 0 radical (unpaired) electrons. The molecule has 0 spiro atoms. The van der Waals surface area contributed by atoms with Crippen LogP contribution in [0.2, 0.25) is 5.02 Å². The molecule has 0 heterocycles. The fraction of sp³-hybridized carbons (Fsp3) is 0.294. The molecule has 2 aromatic rings. The van der Waals surface area contributed by atoms with Crippen LogP contribution in [-0.2, 0) is 17.9 Å². The minimum atomic E-state index is 0.606. The SMILES string of the molecule is COCc1ccccc1CNc1cc(C)c(Cl)cc1OC. The van der Waals surface area contributed by atoms with Gasteiger partial charge in [-0.2, -0.15) is 0 Å². The molecular formula is C17H20ClNO2. The Morgan fingerprint density at radius 3 is 2.48 bits per heavy atom. The minimum absolute atomic E-state index is 0.606. The number of rotatable bonds is 6. The summed E-state index contributed by atoms with van der Waals surface area (Å²) < 4.78 is 10.6. The highest BCUT2D eigenvalue weighted by Gasteiger charge is 2.08. The Balaban J connectivity index is 2.18. The van der Waals surface area contributed by atoms with Gasteiger partial charge in [0, 0.05) is 24.7 Å². The van der Waals surface area contributed by atoms with Gasteiger partial charge >= 0.3 is 0 Å². The van der Waals surface area contributed by atoms with E-state index in [1.165, 1.54) is 11.1 Å². The standard InChI is InChI=1S/C17H20ClNO2/c1-12-8-16(17(21-3)9-15(12)18)19-10-13-6-4-5-7-14(13)11-20-2/h4-9,19H,10-11H2,1-3H3. The average molecular weight is 306 g/mol. The topological polar surface area (TPSA) is 30.5 Å². The Morgan fingerprint density at radius 1 is 1.10 bits per heavy atom. The van der Waals surface area contributed by atoms with Crippen LogP contribution in [0, 0.1) is 6.92 Å². The van der Waals surface area contributed by atoms with E-state index in [2.05, 4.69) is 17.4 Å². The van der Waals surface area contributed by atoms with Gasteiger partial charge in [-0.05, 0) is 29.7 Å². The van der Waals surface area contributed by atoms with Gasteiger partial charge in [0.1, 0.15) is 5.75 Å². The predicted octanol–water partition coefficient (Wildman–Crippen LogP) is 4.42. The number of hydrogen-bond acceptors (Lipinski definition) is 3. The van der Waals surface area contributed by atoms with Gasteiger partial charge in [-0.25, -0.2) is 0 Å². The minimum Gasteiger partial charge on any atom is -0.495 e. The van der Waals surface area contributed by atoms with Gasteiger partial charge in [0.25, 0.3) is 0 Å². The fourth-order valence-electron chi connectivity index (χ4n) is 2.19. The van der Waals surface area contributed by atoms with Crippen molar-refractivity contribution < 1.29 is 9.47 Å². The number of ether oxygens (including phenoxy) is 2. The number of benzene rings is 2. The van der Waals surface area contributed by atoms with Gasteiger partial charge in [-0.3, -0.25) is 0 Å². The number of methoxy groups -OCH3 is 2. The Bertz CT molecular complexity index is 614. The zero-order valence-corrected chi connectivity index (χ0v) is 13.3. The van der Waals surface area contributed by atoms with Gasteiger partial charge in [-0.15, -0.1) is 0 Å². The average Bonchev–Trinajstić information content (AvgIpc) is 2.49. The largest absolute Gasteiger partial charge is 0.495 e. The normalized spacial score (nSPS) is 10.5. The van der Waals surface area contributed by atoms with Gasteiger partial charge in [0.05, 0.1) is 19.4 Å². The number of nitrogens with one attached hydrogen (secondary N) is 1. The molecule has 0 aliphatic rings.